The van der Waals surface area contributed by atoms with Crippen LogP contribution in [0.1, 0.15) is 38.9 Å². The van der Waals surface area contributed by atoms with Crippen LogP contribution in [0.5, 0.6) is 0 Å². The van der Waals surface area contributed by atoms with Crippen LogP contribution in [0.2, 0.25) is 0 Å². The zero-order valence-corrected chi connectivity index (χ0v) is 11.4. The molecule has 1 aromatic heterocycles. The topological polar surface area (TPSA) is 75.9 Å². The van der Waals surface area contributed by atoms with Crippen LogP contribution in [0.4, 0.5) is 11.6 Å². The van der Waals surface area contributed by atoms with Crippen molar-refractivity contribution in [2.45, 2.75) is 46.1 Å². The number of nitrogens with one attached hydrogen (secondary N) is 2. The number of hydrogen-bond acceptors (Lipinski definition) is 5. The van der Waals surface area contributed by atoms with E-state index in [-0.39, 0.29) is 0 Å². The summed E-state index contributed by atoms with van der Waals surface area (Å²) in [6.45, 7) is 6.54. The lowest BCUT2D eigenvalue weighted by Crippen LogP contribution is -2.30. The third-order valence-electron chi connectivity index (χ3n) is 3.94. The Labute approximate surface area is 109 Å². The molecule has 0 aliphatic heterocycles. The summed E-state index contributed by atoms with van der Waals surface area (Å²) < 4.78 is 0. The molecule has 5 nitrogen and oxygen atoms in total. The quantitative estimate of drug-likeness (QED) is 0.566. The number of nitrogens with zero attached hydrogens (tertiary/aromatic N) is 2. The highest BCUT2D eigenvalue weighted by Gasteiger charge is 2.24. The van der Waals surface area contributed by atoms with E-state index < -0.39 is 0 Å². The van der Waals surface area contributed by atoms with Crippen molar-refractivity contribution in [2.24, 2.45) is 17.7 Å². The zero-order chi connectivity index (χ0) is 13.1. The Hall–Kier alpha value is -1.36. The predicted molar refractivity (Wildman–Crippen MR) is 74.2 cm³/mol. The van der Waals surface area contributed by atoms with Crippen LogP contribution in [0.25, 0.3) is 0 Å². The van der Waals surface area contributed by atoms with Crippen LogP contribution >= 0.6 is 0 Å². The van der Waals surface area contributed by atoms with E-state index in [0.717, 1.165) is 23.5 Å². The summed E-state index contributed by atoms with van der Waals surface area (Å²) in [6, 6.07) is 2.37. The summed E-state index contributed by atoms with van der Waals surface area (Å²) in [5.41, 5.74) is 2.57. The van der Waals surface area contributed by atoms with Gasteiger partial charge >= 0.3 is 0 Å². The van der Waals surface area contributed by atoms with Gasteiger partial charge in [-0.1, -0.05) is 13.8 Å². The molecule has 0 saturated heterocycles. The maximum atomic E-state index is 5.39. The lowest BCUT2D eigenvalue weighted by molar-refractivity contribution is 0.260. The molecule has 1 heterocycles. The molecule has 1 aromatic rings. The van der Waals surface area contributed by atoms with Crippen LogP contribution < -0.4 is 16.6 Å². The number of anilines is 2. The van der Waals surface area contributed by atoms with E-state index in [0.29, 0.717) is 11.9 Å². The minimum Gasteiger partial charge on any atom is -0.367 e. The monoisotopic (exact) mass is 249 g/mol. The van der Waals surface area contributed by atoms with Gasteiger partial charge in [-0.2, -0.15) is 0 Å². The van der Waals surface area contributed by atoms with Gasteiger partial charge in [0, 0.05) is 12.1 Å². The lowest BCUT2D eigenvalue weighted by Gasteiger charge is -2.32. The first-order chi connectivity index (χ1) is 8.58. The number of nitrogens with two attached hydrogens (primary N) is 1. The number of aromatic nitrogens is 2. The van der Waals surface area contributed by atoms with E-state index in [4.69, 9.17) is 5.84 Å². The first kappa shape index (κ1) is 13.1. The maximum Gasteiger partial charge on any atom is 0.145 e. The van der Waals surface area contributed by atoms with Gasteiger partial charge in [0.1, 0.15) is 17.5 Å². The van der Waals surface area contributed by atoms with Gasteiger partial charge in [-0.05, 0) is 38.0 Å². The predicted octanol–water partition coefficient (Wildman–Crippen LogP) is 2.31. The number of rotatable bonds is 3. The second-order valence-electron chi connectivity index (χ2n) is 5.44. The normalized spacial score (nSPS) is 27.9. The van der Waals surface area contributed by atoms with E-state index >= 15 is 0 Å². The van der Waals surface area contributed by atoms with Crippen LogP contribution in [0.3, 0.4) is 0 Å². The minimum atomic E-state index is 0.510. The van der Waals surface area contributed by atoms with Gasteiger partial charge in [-0.3, -0.25) is 0 Å². The standard InChI is InChI=1S/C13H23N5/c1-8-4-5-11(6-9(8)2)17-12-7-13(18-14)16-10(3)15-12/h7-9,11H,4-6,14H2,1-3H3,(H2,15,16,17,18). The van der Waals surface area contributed by atoms with E-state index in [1.54, 1.807) is 0 Å². The summed E-state index contributed by atoms with van der Waals surface area (Å²) in [6.07, 6.45) is 3.69. The van der Waals surface area contributed by atoms with Gasteiger partial charge in [-0.25, -0.2) is 15.8 Å². The van der Waals surface area contributed by atoms with Crippen LogP contribution in [-0.2, 0) is 0 Å². The van der Waals surface area contributed by atoms with Crippen molar-refractivity contribution in [3.63, 3.8) is 0 Å². The molecule has 1 saturated carbocycles. The van der Waals surface area contributed by atoms with E-state index in [2.05, 4.69) is 34.6 Å². The molecule has 3 unspecified atom stereocenters. The molecule has 0 aromatic carbocycles. The average Bonchev–Trinajstić information content (AvgIpc) is 2.33. The average molecular weight is 249 g/mol. The van der Waals surface area contributed by atoms with Crippen molar-refractivity contribution in [3.8, 4) is 0 Å². The van der Waals surface area contributed by atoms with Crippen molar-refractivity contribution in [1.82, 2.24) is 9.97 Å². The molecule has 1 aliphatic rings. The molecule has 0 bridgehead atoms. The second kappa shape index (κ2) is 5.52. The molecule has 1 fully saturated rings. The smallest absolute Gasteiger partial charge is 0.145 e. The Morgan fingerprint density at radius 3 is 2.56 bits per heavy atom. The molecular weight excluding hydrogens is 226 g/mol. The van der Waals surface area contributed by atoms with Gasteiger partial charge in [0.2, 0.25) is 0 Å². The fourth-order valence-electron chi connectivity index (χ4n) is 2.60. The van der Waals surface area contributed by atoms with Gasteiger partial charge in [0.05, 0.1) is 0 Å². The Kier molecular flexibility index (Phi) is 4.01. The van der Waals surface area contributed by atoms with Crippen molar-refractivity contribution < 1.29 is 0 Å². The molecule has 0 amide bonds. The van der Waals surface area contributed by atoms with E-state index in [1.165, 1.54) is 19.3 Å². The Balaban J connectivity index is 2.03. The summed E-state index contributed by atoms with van der Waals surface area (Å²) in [5.74, 6) is 9.24. The third kappa shape index (κ3) is 3.10. The van der Waals surface area contributed by atoms with E-state index in [9.17, 15) is 0 Å². The van der Waals surface area contributed by atoms with Crippen LogP contribution in [0, 0.1) is 18.8 Å². The third-order valence-corrected chi connectivity index (χ3v) is 3.94. The SMILES string of the molecule is Cc1nc(NN)cc(NC2CCC(C)C(C)C2)n1. The highest BCUT2D eigenvalue weighted by atomic mass is 15.3. The molecule has 3 atom stereocenters. The van der Waals surface area contributed by atoms with Gasteiger partial charge in [0.25, 0.3) is 0 Å². The maximum absolute atomic E-state index is 5.39. The van der Waals surface area contributed by atoms with Crippen LogP contribution in [0.15, 0.2) is 6.07 Å². The Bertz CT molecular complexity index is 406. The second-order valence-corrected chi connectivity index (χ2v) is 5.44. The molecule has 4 N–H and O–H groups in total. The molecule has 100 valence electrons. The summed E-state index contributed by atoms with van der Waals surface area (Å²) in [7, 11) is 0. The molecule has 1 aliphatic carbocycles. The Morgan fingerprint density at radius 2 is 1.89 bits per heavy atom. The molecule has 5 heteroatoms. The zero-order valence-electron chi connectivity index (χ0n) is 11.4. The van der Waals surface area contributed by atoms with Crippen molar-refractivity contribution in [1.29, 1.82) is 0 Å². The van der Waals surface area contributed by atoms with Crippen molar-refractivity contribution in [2.75, 3.05) is 10.7 Å². The summed E-state index contributed by atoms with van der Waals surface area (Å²) in [4.78, 5) is 8.59. The summed E-state index contributed by atoms with van der Waals surface area (Å²) in [5, 5.41) is 3.50. The lowest BCUT2D eigenvalue weighted by atomic mass is 9.79. The van der Waals surface area contributed by atoms with Gasteiger partial charge in [0.15, 0.2) is 0 Å². The molecule has 18 heavy (non-hydrogen) atoms. The van der Waals surface area contributed by atoms with Crippen LogP contribution in [-0.4, -0.2) is 16.0 Å². The number of nitrogen functional groups attached to an aromatic ring is 1. The Morgan fingerprint density at radius 1 is 1.17 bits per heavy atom. The largest absolute Gasteiger partial charge is 0.367 e. The van der Waals surface area contributed by atoms with Gasteiger partial charge < -0.3 is 10.7 Å². The molecular formula is C13H23N5. The van der Waals surface area contributed by atoms with Crippen molar-refractivity contribution >= 4 is 11.6 Å². The molecule has 0 spiro atoms. The fraction of sp³-hybridized carbons (Fsp3) is 0.692. The number of aryl methyl sites for hydroxylation is 1. The highest BCUT2D eigenvalue weighted by molar-refractivity contribution is 5.47. The van der Waals surface area contributed by atoms with Gasteiger partial charge in [-0.15, -0.1) is 0 Å². The first-order valence-electron chi connectivity index (χ1n) is 6.67. The highest BCUT2D eigenvalue weighted by Crippen LogP contribution is 2.30. The molecule has 0 radical (unpaired) electrons. The number of hydrazine groups is 1. The summed E-state index contributed by atoms with van der Waals surface area (Å²) >= 11 is 0. The fourth-order valence-corrected chi connectivity index (χ4v) is 2.60. The van der Waals surface area contributed by atoms with Crippen molar-refractivity contribution in [3.05, 3.63) is 11.9 Å². The van der Waals surface area contributed by atoms with E-state index in [1.807, 2.05) is 13.0 Å². The molecule has 2 rings (SSSR count). The number of hydrogen-bond donors (Lipinski definition) is 3. The first-order valence-corrected chi connectivity index (χ1v) is 6.67. The minimum absolute atomic E-state index is 0.510.